The van der Waals surface area contributed by atoms with Crippen LogP contribution in [0.3, 0.4) is 0 Å². The molecule has 0 N–H and O–H groups in total. The highest BCUT2D eigenvalue weighted by Gasteiger charge is 2.33. The largest absolute Gasteiger partial charge is 0.450 e. The summed E-state index contributed by atoms with van der Waals surface area (Å²) >= 11 is 3.37. The lowest BCUT2D eigenvalue weighted by Crippen LogP contribution is -2.24. The van der Waals surface area contributed by atoms with E-state index < -0.39 is 12.1 Å². The summed E-state index contributed by atoms with van der Waals surface area (Å²) in [5, 5.41) is 0. The van der Waals surface area contributed by atoms with Crippen LogP contribution in [0.25, 0.3) is 0 Å². The zero-order valence-electron chi connectivity index (χ0n) is 10.5. The number of carbonyl (C=O) groups is 2. The third kappa shape index (κ3) is 2.39. The van der Waals surface area contributed by atoms with Gasteiger partial charge in [0.2, 0.25) is 5.78 Å². The molecule has 0 radical (unpaired) electrons. The van der Waals surface area contributed by atoms with Crippen LogP contribution in [0.4, 0.5) is 0 Å². The monoisotopic (exact) mass is 330 g/mol. The minimum Gasteiger partial charge on any atom is -0.450 e. The molecule has 4 heteroatoms. The van der Waals surface area contributed by atoms with E-state index >= 15 is 0 Å². The van der Waals surface area contributed by atoms with E-state index in [9.17, 15) is 9.59 Å². The fourth-order valence-electron chi connectivity index (χ4n) is 2.30. The Morgan fingerprint density at radius 2 is 1.90 bits per heavy atom. The van der Waals surface area contributed by atoms with Crippen LogP contribution in [0.1, 0.15) is 26.3 Å². The van der Waals surface area contributed by atoms with Gasteiger partial charge in [-0.05, 0) is 35.9 Å². The normalized spacial score (nSPS) is 16.9. The molecule has 0 aromatic heterocycles. The van der Waals surface area contributed by atoms with Crippen LogP contribution in [0.5, 0.6) is 0 Å². The van der Waals surface area contributed by atoms with E-state index in [1.54, 1.807) is 30.3 Å². The number of ketones is 1. The number of ether oxygens (including phenoxy) is 1. The van der Waals surface area contributed by atoms with Gasteiger partial charge in [-0.15, -0.1) is 0 Å². The molecular weight excluding hydrogens is 320 g/mol. The van der Waals surface area contributed by atoms with E-state index in [1.165, 1.54) is 0 Å². The third-order valence-corrected chi connectivity index (χ3v) is 3.78. The molecule has 0 bridgehead atoms. The van der Waals surface area contributed by atoms with Gasteiger partial charge in [-0.2, -0.15) is 0 Å². The van der Waals surface area contributed by atoms with Gasteiger partial charge in [0.15, 0.2) is 6.10 Å². The summed E-state index contributed by atoms with van der Waals surface area (Å²) in [4.78, 5) is 24.2. The van der Waals surface area contributed by atoms with Crippen molar-refractivity contribution in [2.24, 2.45) is 0 Å². The predicted molar refractivity (Wildman–Crippen MR) is 77.8 cm³/mol. The molecule has 0 unspecified atom stereocenters. The van der Waals surface area contributed by atoms with Crippen molar-refractivity contribution in [1.82, 2.24) is 0 Å². The van der Waals surface area contributed by atoms with Gasteiger partial charge in [0.25, 0.3) is 0 Å². The number of carbonyl (C=O) groups excluding carboxylic acids is 2. The quantitative estimate of drug-likeness (QED) is 0.792. The number of rotatable bonds is 2. The van der Waals surface area contributed by atoms with Gasteiger partial charge in [-0.25, -0.2) is 4.79 Å². The molecule has 0 spiro atoms. The first-order valence-electron chi connectivity index (χ1n) is 6.24. The number of benzene rings is 2. The Hall–Kier alpha value is -1.94. The van der Waals surface area contributed by atoms with E-state index in [4.69, 9.17) is 4.74 Å². The smallest absolute Gasteiger partial charge is 0.338 e. The van der Waals surface area contributed by atoms with E-state index in [0.717, 1.165) is 10.0 Å². The van der Waals surface area contributed by atoms with Crippen molar-refractivity contribution in [3.63, 3.8) is 0 Å². The Labute approximate surface area is 124 Å². The van der Waals surface area contributed by atoms with Gasteiger partial charge >= 0.3 is 5.97 Å². The van der Waals surface area contributed by atoms with Crippen molar-refractivity contribution in [3.8, 4) is 0 Å². The number of halogens is 1. The van der Waals surface area contributed by atoms with Crippen molar-refractivity contribution in [1.29, 1.82) is 0 Å². The van der Waals surface area contributed by atoms with Gasteiger partial charge in [0.1, 0.15) is 0 Å². The highest BCUT2D eigenvalue weighted by Crippen LogP contribution is 2.27. The number of esters is 1. The van der Waals surface area contributed by atoms with E-state index in [0.29, 0.717) is 17.5 Å². The van der Waals surface area contributed by atoms with Crippen LogP contribution in [0.15, 0.2) is 53.0 Å². The van der Waals surface area contributed by atoms with Crippen molar-refractivity contribution in [2.45, 2.75) is 12.5 Å². The molecular formula is C16H11BrO3. The highest BCUT2D eigenvalue weighted by molar-refractivity contribution is 9.10. The summed E-state index contributed by atoms with van der Waals surface area (Å²) < 4.78 is 6.24. The summed E-state index contributed by atoms with van der Waals surface area (Å²) in [5.41, 5.74) is 2.01. The molecule has 0 amide bonds. The maximum atomic E-state index is 12.2. The maximum absolute atomic E-state index is 12.2. The van der Waals surface area contributed by atoms with E-state index in [2.05, 4.69) is 15.9 Å². The number of fused-ring (bicyclic) bond motifs is 1. The van der Waals surface area contributed by atoms with Crippen LogP contribution in [-0.2, 0) is 11.2 Å². The Kier molecular flexibility index (Phi) is 3.40. The second kappa shape index (κ2) is 5.21. The fourth-order valence-corrected chi connectivity index (χ4v) is 2.71. The van der Waals surface area contributed by atoms with Gasteiger partial charge < -0.3 is 4.74 Å². The van der Waals surface area contributed by atoms with Gasteiger partial charge in [0, 0.05) is 16.5 Å². The summed E-state index contributed by atoms with van der Waals surface area (Å²) in [5.74, 6) is -0.590. The lowest BCUT2D eigenvalue weighted by atomic mass is 10.1. The van der Waals surface area contributed by atoms with Crippen LogP contribution in [0, 0.1) is 0 Å². The first-order chi connectivity index (χ1) is 9.65. The second-order valence-corrected chi connectivity index (χ2v) is 5.55. The van der Waals surface area contributed by atoms with Crippen molar-refractivity contribution in [3.05, 3.63) is 69.7 Å². The molecule has 0 saturated carbocycles. The van der Waals surface area contributed by atoms with Crippen LogP contribution in [0.2, 0.25) is 0 Å². The van der Waals surface area contributed by atoms with E-state index in [1.807, 2.05) is 18.2 Å². The number of hydrogen-bond donors (Lipinski definition) is 0. The minimum absolute atomic E-state index is 0.128. The van der Waals surface area contributed by atoms with Crippen LogP contribution < -0.4 is 0 Å². The van der Waals surface area contributed by atoms with E-state index in [-0.39, 0.29) is 5.78 Å². The minimum atomic E-state index is -0.716. The molecule has 3 nitrogen and oxygen atoms in total. The summed E-state index contributed by atoms with van der Waals surface area (Å²) in [6.07, 6.45) is -0.279. The standard InChI is InChI=1S/C16H11BrO3/c17-12-6-7-13-11(8-12)9-14(15(13)18)20-16(19)10-4-2-1-3-5-10/h1-8,14H,9H2/t14-/m1/s1. The average molecular weight is 331 g/mol. The molecule has 2 aromatic rings. The maximum Gasteiger partial charge on any atom is 0.338 e. The first-order valence-corrected chi connectivity index (χ1v) is 7.03. The van der Waals surface area contributed by atoms with Crippen LogP contribution in [-0.4, -0.2) is 17.9 Å². The van der Waals surface area contributed by atoms with Crippen molar-refractivity contribution >= 4 is 27.7 Å². The Balaban J connectivity index is 1.78. The average Bonchev–Trinajstić information content (AvgIpc) is 2.75. The topological polar surface area (TPSA) is 43.4 Å². The molecule has 0 fully saturated rings. The highest BCUT2D eigenvalue weighted by atomic mass is 79.9. The molecule has 20 heavy (non-hydrogen) atoms. The molecule has 0 saturated heterocycles. The van der Waals surface area contributed by atoms with Crippen molar-refractivity contribution in [2.75, 3.05) is 0 Å². The Morgan fingerprint density at radius 1 is 1.15 bits per heavy atom. The molecule has 1 aliphatic carbocycles. The molecule has 100 valence electrons. The number of hydrogen-bond acceptors (Lipinski definition) is 3. The number of Topliss-reactive ketones (excluding diaryl/α,β-unsaturated/α-hetero) is 1. The molecule has 3 rings (SSSR count). The predicted octanol–water partition coefficient (Wildman–Crippen LogP) is 3.41. The summed E-state index contributed by atoms with van der Waals surface area (Å²) in [7, 11) is 0. The lowest BCUT2D eigenvalue weighted by Gasteiger charge is -2.10. The molecule has 0 aliphatic heterocycles. The third-order valence-electron chi connectivity index (χ3n) is 3.29. The lowest BCUT2D eigenvalue weighted by molar-refractivity contribution is 0.0304. The molecule has 0 heterocycles. The molecule has 2 aromatic carbocycles. The fraction of sp³-hybridized carbons (Fsp3) is 0.125. The van der Waals surface area contributed by atoms with Gasteiger partial charge in [-0.1, -0.05) is 34.1 Å². The molecule has 1 atom stereocenters. The van der Waals surface area contributed by atoms with Crippen molar-refractivity contribution < 1.29 is 14.3 Å². The Morgan fingerprint density at radius 3 is 2.65 bits per heavy atom. The second-order valence-electron chi connectivity index (χ2n) is 4.63. The molecule has 1 aliphatic rings. The first kappa shape index (κ1) is 13.1. The Bertz CT molecular complexity index is 679. The van der Waals surface area contributed by atoms with Gasteiger partial charge in [-0.3, -0.25) is 4.79 Å². The summed E-state index contributed by atoms with van der Waals surface area (Å²) in [6.45, 7) is 0. The zero-order valence-corrected chi connectivity index (χ0v) is 12.1. The van der Waals surface area contributed by atoms with Gasteiger partial charge in [0.05, 0.1) is 5.56 Å². The SMILES string of the molecule is O=C(O[C@@H]1Cc2cc(Br)ccc2C1=O)c1ccccc1. The summed E-state index contributed by atoms with van der Waals surface area (Å²) in [6, 6.07) is 14.2. The van der Waals surface area contributed by atoms with Crippen LogP contribution >= 0.6 is 15.9 Å². The zero-order chi connectivity index (χ0) is 14.1.